The number of benzene rings is 1. The lowest BCUT2D eigenvalue weighted by Crippen LogP contribution is -2.17. The van der Waals surface area contributed by atoms with E-state index in [1.807, 2.05) is 0 Å². The van der Waals surface area contributed by atoms with E-state index in [0.29, 0.717) is 18.4 Å². The molecule has 1 fully saturated rings. The first kappa shape index (κ1) is 13.2. The van der Waals surface area contributed by atoms with Gasteiger partial charge in [0.2, 0.25) is 11.7 Å². The summed E-state index contributed by atoms with van der Waals surface area (Å²) in [6.45, 7) is 0.580. The highest BCUT2D eigenvalue weighted by atomic mass is 19.1. The Morgan fingerprint density at radius 3 is 2.65 bits per heavy atom. The van der Waals surface area contributed by atoms with Crippen molar-refractivity contribution in [3.63, 3.8) is 0 Å². The molecule has 0 saturated heterocycles. The Morgan fingerprint density at radius 2 is 1.95 bits per heavy atom. The molecule has 1 saturated carbocycles. The molecule has 0 aliphatic heterocycles. The van der Waals surface area contributed by atoms with Crippen molar-refractivity contribution in [3.8, 4) is 11.4 Å². The predicted octanol–water partition coefficient (Wildman–Crippen LogP) is 2.86. The Hall–Kier alpha value is -1.82. The maximum absolute atomic E-state index is 13.2. The third kappa shape index (κ3) is 2.43. The number of aromatic nitrogens is 2. The monoisotopic (exact) mass is 279 g/mol. The van der Waals surface area contributed by atoms with Crippen molar-refractivity contribution in [1.82, 2.24) is 10.1 Å². The average molecular weight is 279 g/mol. The van der Waals surface area contributed by atoms with Crippen LogP contribution in [0.25, 0.3) is 11.4 Å². The largest absolute Gasteiger partial charge is 0.339 e. The highest BCUT2D eigenvalue weighted by Gasteiger charge is 2.32. The van der Waals surface area contributed by atoms with Gasteiger partial charge in [0.15, 0.2) is 0 Å². The van der Waals surface area contributed by atoms with Crippen molar-refractivity contribution in [2.75, 3.05) is 6.54 Å². The van der Waals surface area contributed by atoms with Gasteiger partial charge in [-0.2, -0.15) is 4.98 Å². The second kappa shape index (κ2) is 5.28. The van der Waals surface area contributed by atoms with E-state index in [4.69, 9.17) is 10.3 Å². The van der Waals surface area contributed by atoms with Gasteiger partial charge >= 0.3 is 0 Å². The third-order valence-corrected chi connectivity index (χ3v) is 3.84. The first-order valence-electron chi connectivity index (χ1n) is 6.67. The molecule has 1 aliphatic carbocycles. The third-order valence-electron chi connectivity index (χ3n) is 3.84. The van der Waals surface area contributed by atoms with Gasteiger partial charge in [0, 0.05) is 17.5 Å². The molecule has 20 heavy (non-hydrogen) atoms. The Kier molecular flexibility index (Phi) is 3.48. The summed E-state index contributed by atoms with van der Waals surface area (Å²) in [4.78, 5) is 4.28. The molecule has 0 radical (unpaired) electrons. The Bertz CT molecular complexity index is 594. The Morgan fingerprint density at radius 1 is 1.20 bits per heavy atom. The van der Waals surface area contributed by atoms with Gasteiger partial charge in [-0.3, -0.25) is 0 Å². The average Bonchev–Trinajstić information content (AvgIpc) is 3.06. The van der Waals surface area contributed by atoms with Crippen LogP contribution >= 0.6 is 0 Å². The molecule has 3 rings (SSSR count). The first-order valence-corrected chi connectivity index (χ1v) is 6.67. The van der Waals surface area contributed by atoms with Gasteiger partial charge in [0.25, 0.3) is 0 Å². The fourth-order valence-electron chi connectivity index (χ4n) is 2.83. The van der Waals surface area contributed by atoms with Crippen LogP contribution in [0.15, 0.2) is 22.7 Å². The van der Waals surface area contributed by atoms with Gasteiger partial charge in [-0.15, -0.1) is 0 Å². The minimum absolute atomic E-state index is 0.152. The first-order chi connectivity index (χ1) is 9.67. The van der Waals surface area contributed by atoms with E-state index in [0.717, 1.165) is 25.3 Å². The predicted molar refractivity (Wildman–Crippen MR) is 68.8 cm³/mol. The van der Waals surface area contributed by atoms with Crippen LogP contribution in [0, 0.1) is 17.6 Å². The van der Waals surface area contributed by atoms with Crippen molar-refractivity contribution in [3.05, 3.63) is 35.7 Å². The summed E-state index contributed by atoms with van der Waals surface area (Å²) in [5, 5.41) is 3.82. The van der Waals surface area contributed by atoms with Crippen LogP contribution in [-0.2, 0) is 0 Å². The van der Waals surface area contributed by atoms with Crippen LogP contribution < -0.4 is 5.73 Å². The molecule has 1 heterocycles. The smallest absolute Gasteiger partial charge is 0.230 e. The molecule has 1 aromatic carbocycles. The lowest BCUT2D eigenvalue weighted by molar-refractivity contribution is 0.326. The van der Waals surface area contributed by atoms with Crippen molar-refractivity contribution >= 4 is 0 Å². The lowest BCUT2D eigenvalue weighted by atomic mass is 9.96. The van der Waals surface area contributed by atoms with E-state index in [9.17, 15) is 8.78 Å². The second-order valence-electron chi connectivity index (χ2n) is 5.15. The summed E-state index contributed by atoms with van der Waals surface area (Å²) < 4.78 is 31.6. The molecule has 0 bridgehead atoms. The fourth-order valence-corrected chi connectivity index (χ4v) is 2.83. The molecule has 1 aromatic heterocycles. The molecule has 2 N–H and O–H groups in total. The van der Waals surface area contributed by atoms with E-state index >= 15 is 0 Å². The van der Waals surface area contributed by atoms with Crippen LogP contribution in [0.5, 0.6) is 0 Å². The summed E-state index contributed by atoms with van der Waals surface area (Å²) >= 11 is 0. The van der Waals surface area contributed by atoms with Crippen LogP contribution in [0.2, 0.25) is 0 Å². The van der Waals surface area contributed by atoms with Crippen molar-refractivity contribution < 1.29 is 13.3 Å². The maximum atomic E-state index is 13.2. The summed E-state index contributed by atoms with van der Waals surface area (Å²) in [7, 11) is 0. The Labute approximate surface area is 115 Å². The highest BCUT2D eigenvalue weighted by molar-refractivity contribution is 5.54. The minimum Gasteiger partial charge on any atom is -0.339 e. The molecule has 0 amide bonds. The van der Waals surface area contributed by atoms with Gasteiger partial charge in [0.1, 0.15) is 11.6 Å². The maximum Gasteiger partial charge on any atom is 0.230 e. The quantitative estimate of drug-likeness (QED) is 0.938. The molecule has 6 heteroatoms. The molecular formula is C14H15F2N3O. The van der Waals surface area contributed by atoms with Crippen molar-refractivity contribution in [2.45, 2.75) is 25.2 Å². The SMILES string of the molecule is NCC1CCCC1c1nc(-c2cc(F)cc(F)c2)no1. The molecule has 4 nitrogen and oxygen atoms in total. The molecule has 2 atom stereocenters. The van der Waals surface area contributed by atoms with Crippen LogP contribution in [0.1, 0.15) is 31.1 Å². The lowest BCUT2D eigenvalue weighted by Gasteiger charge is -2.12. The van der Waals surface area contributed by atoms with Crippen molar-refractivity contribution in [1.29, 1.82) is 0 Å². The zero-order chi connectivity index (χ0) is 14.1. The van der Waals surface area contributed by atoms with Crippen molar-refractivity contribution in [2.24, 2.45) is 11.7 Å². The number of hydrogen-bond donors (Lipinski definition) is 1. The number of rotatable bonds is 3. The van der Waals surface area contributed by atoms with Crippen LogP contribution in [0.3, 0.4) is 0 Å². The molecule has 2 unspecified atom stereocenters. The molecule has 1 aliphatic rings. The van der Waals surface area contributed by atoms with E-state index < -0.39 is 11.6 Å². The van der Waals surface area contributed by atoms with E-state index in [1.165, 1.54) is 12.1 Å². The zero-order valence-electron chi connectivity index (χ0n) is 10.9. The molecule has 2 aromatic rings. The van der Waals surface area contributed by atoms with Gasteiger partial charge in [-0.25, -0.2) is 8.78 Å². The van der Waals surface area contributed by atoms with Gasteiger partial charge in [-0.1, -0.05) is 11.6 Å². The number of halogens is 2. The minimum atomic E-state index is -0.660. The summed E-state index contributed by atoms with van der Waals surface area (Å²) in [6, 6.07) is 3.19. The zero-order valence-corrected chi connectivity index (χ0v) is 10.9. The molecular weight excluding hydrogens is 264 g/mol. The molecule has 106 valence electrons. The second-order valence-corrected chi connectivity index (χ2v) is 5.15. The van der Waals surface area contributed by atoms with Gasteiger partial charge in [0.05, 0.1) is 0 Å². The normalized spacial score (nSPS) is 22.4. The van der Waals surface area contributed by atoms with E-state index in [-0.39, 0.29) is 17.3 Å². The van der Waals surface area contributed by atoms with E-state index in [1.54, 1.807) is 0 Å². The summed E-state index contributed by atoms with van der Waals surface area (Å²) in [5.41, 5.74) is 6.01. The number of nitrogens with two attached hydrogens (primary N) is 1. The topological polar surface area (TPSA) is 64.9 Å². The standard InChI is InChI=1S/C14H15F2N3O/c15-10-4-9(5-11(16)6-10)13-18-14(20-19-13)12-3-1-2-8(12)7-17/h4-6,8,12H,1-3,7,17H2. The number of nitrogens with zero attached hydrogens (tertiary/aromatic N) is 2. The highest BCUT2D eigenvalue weighted by Crippen LogP contribution is 2.38. The summed E-state index contributed by atoms with van der Waals surface area (Å²) in [5.74, 6) is -0.106. The van der Waals surface area contributed by atoms with E-state index in [2.05, 4.69) is 10.1 Å². The van der Waals surface area contributed by atoms with Crippen LogP contribution in [-0.4, -0.2) is 16.7 Å². The molecule has 0 spiro atoms. The summed E-state index contributed by atoms with van der Waals surface area (Å²) in [6.07, 6.45) is 3.09. The van der Waals surface area contributed by atoms with Crippen LogP contribution in [0.4, 0.5) is 8.78 Å². The van der Waals surface area contributed by atoms with Gasteiger partial charge < -0.3 is 10.3 Å². The number of hydrogen-bond acceptors (Lipinski definition) is 4. The Balaban J connectivity index is 1.90. The fraction of sp³-hybridized carbons (Fsp3) is 0.429. The van der Waals surface area contributed by atoms with Gasteiger partial charge in [-0.05, 0) is 37.4 Å².